The fourth-order valence-corrected chi connectivity index (χ4v) is 5.31. The number of urea groups is 1. The lowest BCUT2D eigenvalue weighted by atomic mass is 10.1. The third kappa shape index (κ3) is 5.91. The Balaban J connectivity index is 1.61. The van der Waals surface area contributed by atoms with Crippen molar-refractivity contribution in [1.82, 2.24) is 20.2 Å². The van der Waals surface area contributed by atoms with Gasteiger partial charge in [-0.25, -0.2) is 9.78 Å². The van der Waals surface area contributed by atoms with Gasteiger partial charge in [0.25, 0.3) is 0 Å². The summed E-state index contributed by atoms with van der Waals surface area (Å²) in [6.45, 7) is 4.30. The van der Waals surface area contributed by atoms with Gasteiger partial charge < -0.3 is 30.4 Å². The van der Waals surface area contributed by atoms with E-state index >= 15 is 0 Å². The molecule has 4 rings (SSSR count). The highest BCUT2D eigenvalue weighted by Crippen LogP contribution is 2.47. The van der Waals surface area contributed by atoms with E-state index in [9.17, 15) is 9.59 Å². The molecule has 1 aromatic carbocycles. The third-order valence-electron chi connectivity index (χ3n) is 6.66. The number of benzene rings is 1. The van der Waals surface area contributed by atoms with Gasteiger partial charge in [0.15, 0.2) is 0 Å². The molecule has 216 valence electrons. The van der Waals surface area contributed by atoms with Crippen molar-refractivity contribution in [3.05, 3.63) is 52.7 Å². The SMILES string of the molecule is C=CC(=O)NC1CN(C(=N)/C=C\C=N)CC1Nc1ncc2c(n1)N(C)C(=O)N(c1c(Cl)c(OC)cc(OC)c1Cl)C2. The minimum atomic E-state index is -0.434. The van der Waals surface area contributed by atoms with Gasteiger partial charge in [0.05, 0.1) is 38.5 Å². The van der Waals surface area contributed by atoms with Crippen LogP contribution >= 0.6 is 23.2 Å². The van der Waals surface area contributed by atoms with E-state index in [4.69, 9.17) is 43.5 Å². The Morgan fingerprint density at radius 1 is 1.20 bits per heavy atom. The number of aromatic nitrogens is 2. The Morgan fingerprint density at radius 2 is 1.85 bits per heavy atom. The van der Waals surface area contributed by atoms with Gasteiger partial charge >= 0.3 is 6.03 Å². The van der Waals surface area contributed by atoms with E-state index in [0.29, 0.717) is 36.0 Å². The molecule has 2 unspecified atom stereocenters. The van der Waals surface area contributed by atoms with Crippen LogP contribution in [0.5, 0.6) is 11.5 Å². The Morgan fingerprint density at radius 3 is 2.46 bits per heavy atom. The highest BCUT2D eigenvalue weighted by Gasteiger charge is 2.37. The maximum Gasteiger partial charge on any atom is 0.330 e. The predicted octanol–water partition coefficient (Wildman–Crippen LogP) is 3.33. The van der Waals surface area contributed by atoms with Gasteiger partial charge in [-0.15, -0.1) is 0 Å². The molecule has 0 aliphatic carbocycles. The van der Waals surface area contributed by atoms with Gasteiger partial charge in [-0.2, -0.15) is 4.98 Å². The molecule has 3 amide bonds. The Bertz CT molecular complexity index is 1410. The lowest BCUT2D eigenvalue weighted by Gasteiger charge is -2.35. The zero-order valence-corrected chi connectivity index (χ0v) is 24.1. The molecule has 1 saturated heterocycles. The van der Waals surface area contributed by atoms with E-state index in [1.54, 1.807) is 24.2 Å². The number of halogens is 2. The Kier molecular flexibility index (Phi) is 8.98. The molecule has 0 radical (unpaired) electrons. The first-order valence-electron chi connectivity index (χ1n) is 12.3. The largest absolute Gasteiger partial charge is 0.495 e. The van der Waals surface area contributed by atoms with Crippen LogP contribution in [0.15, 0.2) is 37.1 Å². The zero-order chi connectivity index (χ0) is 29.8. The van der Waals surface area contributed by atoms with Gasteiger partial charge in [-0.1, -0.05) is 29.8 Å². The average Bonchev–Trinajstić information content (AvgIpc) is 3.36. The summed E-state index contributed by atoms with van der Waals surface area (Å²) in [6, 6.07) is 0.350. The topological polar surface area (TPSA) is 160 Å². The highest BCUT2D eigenvalue weighted by atomic mass is 35.5. The minimum absolute atomic E-state index is 0.0836. The molecule has 0 bridgehead atoms. The van der Waals surface area contributed by atoms with Gasteiger partial charge in [-0.05, 0) is 18.2 Å². The number of likely N-dealkylation sites (tertiary alicyclic amines) is 1. The zero-order valence-electron chi connectivity index (χ0n) is 22.6. The van der Waals surface area contributed by atoms with E-state index in [2.05, 4.69) is 27.2 Å². The number of methoxy groups -OCH3 is 2. The standard InChI is InChI=1S/C26H29Cl2N9O4/c1-5-20(38)32-15-12-36(19(30)7-6-8-29)13-16(15)33-25-31-10-14-11-37(26(39)35(2)24(14)34-25)23-21(27)17(40-3)9-18(41-4)22(23)28/h5-10,15-16,29-30H,1,11-13H2,2-4H3,(H,32,38)(H,31,33,34)/b7-6-,29-8?,30-19?. The molecule has 1 fully saturated rings. The fourth-order valence-electron chi connectivity index (χ4n) is 4.61. The number of hydrogen-bond donors (Lipinski definition) is 4. The van der Waals surface area contributed by atoms with Crippen LogP contribution in [0.25, 0.3) is 0 Å². The number of amidine groups is 1. The summed E-state index contributed by atoms with van der Waals surface area (Å²) in [5.41, 5.74) is 0.871. The van der Waals surface area contributed by atoms with Crippen LogP contribution in [-0.4, -0.2) is 85.3 Å². The predicted molar refractivity (Wildman–Crippen MR) is 158 cm³/mol. The van der Waals surface area contributed by atoms with Gasteiger partial charge in [0, 0.05) is 44.2 Å². The number of carbonyl (C=O) groups excluding carboxylic acids is 2. The van der Waals surface area contributed by atoms with Crippen molar-refractivity contribution in [1.29, 1.82) is 10.8 Å². The van der Waals surface area contributed by atoms with Crippen LogP contribution in [0.1, 0.15) is 5.56 Å². The van der Waals surface area contributed by atoms with Crippen LogP contribution in [0, 0.1) is 10.8 Å². The number of carbonyl (C=O) groups is 2. The number of nitrogens with zero attached hydrogens (tertiary/aromatic N) is 5. The third-order valence-corrected chi connectivity index (χ3v) is 7.40. The Hall–Kier alpha value is -4.36. The molecule has 2 atom stereocenters. The summed E-state index contributed by atoms with van der Waals surface area (Å²) in [5.74, 6) is 1.05. The highest BCUT2D eigenvalue weighted by molar-refractivity contribution is 6.42. The van der Waals surface area contributed by atoms with E-state index in [1.807, 2.05) is 0 Å². The number of hydrogen-bond acceptors (Lipinski definition) is 9. The summed E-state index contributed by atoms with van der Waals surface area (Å²) >= 11 is 13.1. The molecule has 2 aliphatic rings. The number of rotatable bonds is 9. The van der Waals surface area contributed by atoms with Gasteiger partial charge in [0.1, 0.15) is 33.2 Å². The summed E-state index contributed by atoms with van der Waals surface area (Å²) in [5, 5.41) is 21.9. The van der Waals surface area contributed by atoms with Crippen molar-refractivity contribution < 1.29 is 19.1 Å². The summed E-state index contributed by atoms with van der Waals surface area (Å²) in [7, 11) is 4.48. The quantitative estimate of drug-likeness (QED) is 0.193. The Labute approximate surface area is 246 Å². The molecule has 2 aliphatic heterocycles. The number of anilines is 3. The molecule has 41 heavy (non-hydrogen) atoms. The molecule has 4 N–H and O–H groups in total. The maximum absolute atomic E-state index is 13.5. The molecule has 15 heteroatoms. The van der Waals surface area contributed by atoms with E-state index < -0.39 is 12.1 Å². The first-order chi connectivity index (χ1) is 19.6. The van der Waals surface area contributed by atoms with E-state index in [1.165, 1.54) is 42.2 Å². The van der Waals surface area contributed by atoms with E-state index in [-0.39, 0.29) is 46.0 Å². The fraction of sp³-hybridized carbons (Fsp3) is 0.308. The lowest BCUT2D eigenvalue weighted by molar-refractivity contribution is -0.117. The molecule has 1 aromatic heterocycles. The number of nitrogens with one attached hydrogen (secondary N) is 4. The van der Waals surface area contributed by atoms with Gasteiger partial charge in [0.2, 0.25) is 11.9 Å². The van der Waals surface area contributed by atoms with Crippen LogP contribution in [0.4, 0.5) is 22.2 Å². The summed E-state index contributed by atoms with van der Waals surface area (Å²) < 4.78 is 10.7. The van der Waals surface area contributed by atoms with Crippen molar-refractivity contribution in [3.63, 3.8) is 0 Å². The van der Waals surface area contributed by atoms with E-state index in [0.717, 1.165) is 6.21 Å². The summed E-state index contributed by atoms with van der Waals surface area (Å²) in [6.07, 6.45) is 6.81. The number of amides is 3. The second-order valence-electron chi connectivity index (χ2n) is 9.11. The van der Waals surface area contributed by atoms with Crippen LogP contribution < -0.4 is 29.9 Å². The average molecular weight is 602 g/mol. The molecule has 0 saturated carbocycles. The monoisotopic (exact) mass is 601 g/mol. The van der Waals surface area contributed by atoms with Crippen molar-refractivity contribution >= 4 is 64.6 Å². The number of allylic oxidation sites excluding steroid dienone is 1. The van der Waals surface area contributed by atoms with Crippen LogP contribution in [-0.2, 0) is 11.3 Å². The molecule has 3 heterocycles. The van der Waals surface area contributed by atoms with Crippen molar-refractivity contribution in [2.75, 3.05) is 49.5 Å². The summed E-state index contributed by atoms with van der Waals surface area (Å²) in [4.78, 5) is 39.2. The van der Waals surface area contributed by atoms with Crippen LogP contribution in [0.2, 0.25) is 10.0 Å². The molecule has 0 spiro atoms. The molecular weight excluding hydrogens is 573 g/mol. The van der Waals surface area contributed by atoms with Crippen molar-refractivity contribution in [3.8, 4) is 11.5 Å². The smallest absolute Gasteiger partial charge is 0.330 e. The van der Waals surface area contributed by atoms with Gasteiger partial charge in [-0.3, -0.25) is 20.0 Å². The van der Waals surface area contributed by atoms with Crippen molar-refractivity contribution in [2.45, 2.75) is 18.6 Å². The second kappa shape index (κ2) is 12.4. The second-order valence-corrected chi connectivity index (χ2v) is 9.87. The molecule has 2 aromatic rings. The normalized spacial score (nSPS) is 18.3. The number of ether oxygens (including phenoxy) is 2. The molecular formula is C26H29Cl2N9O4. The first-order valence-corrected chi connectivity index (χ1v) is 13.1. The first kappa shape index (κ1) is 29.6. The number of fused-ring (bicyclic) bond motifs is 1. The minimum Gasteiger partial charge on any atom is -0.495 e. The van der Waals surface area contributed by atoms with Crippen LogP contribution in [0.3, 0.4) is 0 Å². The lowest BCUT2D eigenvalue weighted by Crippen LogP contribution is -2.47. The molecule has 13 nitrogen and oxygen atoms in total. The van der Waals surface area contributed by atoms with Crippen molar-refractivity contribution in [2.24, 2.45) is 0 Å². The maximum atomic E-state index is 13.5.